The molecule has 6 rings (SSSR count). The lowest BCUT2D eigenvalue weighted by Crippen LogP contribution is -2.25. The van der Waals surface area contributed by atoms with Crippen molar-refractivity contribution < 1.29 is 4.39 Å². The Labute approximate surface area is 204 Å². The van der Waals surface area contributed by atoms with Gasteiger partial charge in [0.2, 0.25) is 5.95 Å². The molecule has 0 bridgehead atoms. The molecule has 1 aliphatic carbocycles. The lowest BCUT2D eigenvalue weighted by atomic mass is 9.78. The molecule has 0 saturated heterocycles. The third-order valence-electron chi connectivity index (χ3n) is 6.81. The largest absolute Gasteiger partial charge is 0.369 e. The van der Waals surface area contributed by atoms with E-state index in [1.54, 1.807) is 6.07 Å². The van der Waals surface area contributed by atoms with Gasteiger partial charge >= 0.3 is 0 Å². The molecule has 2 aliphatic rings. The van der Waals surface area contributed by atoms with Gasteiger partial charge in [0.15, 0.2) is 0 Å². The van der Waals surface area contributed by atoms with Gasteiger partial charge in [-0.2, -0.15) is 0 Å². The number of nitrogens with one attached hydrogen (secondary N) is 1. The summed E-state index contributed by atoms with van der Waals surface area (Å²) in [7, 11) is 0. The summed E-state index contributed by atoms with van der Waals surface area (Å²) in [5, 5.41) is 3.35. The van der Waals surface area contributed by atoms with Gasteiger partial charge in [0.05, 0.1) is 12.2 Å². The SMILES string of the molecule is Fc1ccccc1C1Cc2cnc(Nc3ccc(N4CCC=NCC4)cc3)nc2-c2ccccc21. The number of fused-ring (bicyclic) bond motifs is 3. The molecule has 0 amide bonds. The zero-order valence-corrected chi connectivity index (χ0v) is 19.4. The first kappa shape index (κ1) is 21.5. The van der Waals surface area contributed by atoms with E-state index in [1.165, 1.54) is 11.8 Å². The summed E-state index contributed by atoms with van der Waals surface area (Å²) in [6.45, 7) is 2.75. The zero-order chi connectivity index (χ0) is 23.6. The maximum absolute atomic E-state index is 14.7. The molecule has 4 aromatic rings. The van der Waals surface area contributed by atoms with Crippen molar-refractivity contribution in [3.8, 4) is 11.3 Å². The molecule has 2 heterocycles. The Morgan fingerprint density at radius 1 is 0.886 bits per heavy atom. The summed E-state index contributed by atoms with van der Waals surface area (Å²) in [6.07, 6.45) is 5.53. The van der Waals surface area contributed by atoms with Crippen LogP contribution in [0.5, 0.6) is 0 Å². The Morgan fingerprint density at radius 2 is 1.69 bits per heavy atom. The van der Waals surface area contributed by atoms with Gasteiger partial charge in [-0.1, -0.05) is 42.5 Å². The zero-order valence-electron chi connectivity index (χ0n) is 19.4. The summed E-state index contributed by atoms with van der Waals surface area (Å²) in [5.74, 6) is 0.323. The number of benzene rings is 3. The van der Waals surface area contributed by atoms with Gasteiger partial charge in [-0.25, -0.2) is 14.4 Å². The molecule has 174 valence electrons. The van der Waals surface area contributed by atoms with Crippen LogP contribution in [0.25, 0.3) is 11.3 Å². The molecular weight excluding hydrogens is 437 g/mol. The molecule has 6 heteroatoms. The number of aliphatic imine (C=N–C) groups is 1. The quantitative estimate of drug-likeness (QED) is 0.404. The molecule has 0 spiro atoms. The predicted octanol–water partition coefficient (Wildman–Crippen LogP) is 6.00. The van der Waals surface area contributed by atoms with Crippen LogP contribution < -0.4 is 10.2 Å². The number of hydrogen-bond donors (Lipinski definition) is 1. The normalized spacial score (nSPS) is 16.8. The van der Waals surface area contributed by atoms with Crippen molar-refractivity contribution in [1.82, 2.24) is 9.97 Å². The van der Waals surface area contributed by atoms with E-state index in [1.807, 2.05) is 36.7 Å². The number of halogens is 1. The molecule has 1 aromatic heterocycles. The highest BCUT2D eigenvalue weighted by molar-refractivity contribution is 5.73. The lowest BCUT2D eigenvalue weighted by Gasteiger charge is -2.27. The average Bonchev–Trinajstić information content (AvgIpc) is 3.19. The van der Waals surface area contributed by atoms with E-state index in [0.717, 1.165) is 54.1 Å². The molecule has 0 saturated carbocycles. The third kappa shape index (κ3) is 4.28. The maximum Gasteiger partial charge on any atom is 0.227 e. The maximum atomic E-state index is 14.7. The van der Waals surface area contributed by atoms with E-state index in [2.05, 4.69) is 56.6 Å². The van der Waals surface area contributed by atoms with Crippen molar-refractivity contribution in [3.05, 3.63) is 102 Å². The number of nitrogens with zero attached hydrogens (tertiary/aromatic N) is 4. The number of hydrogen-bond acceptors (Lipinski definition) is 5. The lowest BCUT2D eigenvalue weighted by molar-refractivity contribution is 0.593. The van der Waals surface area contributed by atoms with Crippen LogP contribution in [-0.2, 0) is 6.42 Å². The minimum absolute atomic E-state index is 0.0563. The van der Waals surface area contributed by atoms with E-state index in [-0.39, 0.29) is 11.7 Å². The third-order valence-corrected chi connectivity index (χ3v) is 6.81. The minimum atomic E-state index is -0.175. The molecule has 35 heavy (non-hydrogen) atoms. The molecular formula is C29H26FN5. The second-order valence-electron chi connectivity index (χ2n) is 8.97. The molecule has 0 radical (unpaired) electrons. The van der Waals surface area contributed by atoms with Crippen LogP contribution in [0.15, 0.2) is 84.0 Å². The van der Waals surface area contributed by atoms with Crippen LogP contribution in [0, 0.1) is 5.82 Å². The van der Waals surface area contributed by atoms with Gasteiger partial charge in [-0.3, -0.25) is 4.99 Å². The van der Waals surface area contributed by atoms with Gasteiger partial charge in [0.25, 0.3) is 0 Å². The van der Waals surface area contributed by atoms with Crippen molar-refractivity contribution >= 4 is 23.5 Å². The van der Waals surface area contributed by atoms with Crippen LogP contribution in [0.2, 0.25) is 0 Å². The number of rotatable bonds is 4. The molecule has 1 N–H and O–H groups in total. The highest BCUT2D eigenvalue weighted by Gasteiger charge is 2.28. The summed E-state index contributed by atoms with van der Waals surface area (Å²) in [6, 6.07) is 23.6. The van der Waals surface area contributed by atoms with Crippen LogP contribution in [0.1, 0.15) is 29.0 Å². The Balaban J connectivity index is 1.27. The van der Waals surface area contributed by atoms with E-state index < -0.39 is 0 Å². The van der Waals surface area contributed by atoms with Crippen LogP contribution in [-0.4, -0.2) is 35.8 Å². The summed E-state index contributed by atoms with van der Waals surface area (Å²) >= 11 is 0. The van der Waals surface area contributed by atoms with Crippen molar-refractivity contribution in [2.45, 2.75) is 18.8 Å². The summed E-state index contributed by atoms with van der Waals surface area (Å²) < 4.78 is 14.7. The van der Waals surface area contributed by atoms with Gasteiger partial charge in [-0.05, 0) is 59.9 Å². The first-order chi connectivity index (χ1) is 17.3. The van der Waals surface area contributed by atoms with E-state index in [4.69, 9.17) is 4.98 Å². The van der Waals surface area contributed by atoms with Gasteiger partial charge in [0, 0.05) is 48.4 Å². The predicted molar refractivity (Wildman–Crippen MR) is 139 cm³/mol. The number of anilines is 3. The molecule has 5 nitrogen and oxygen atoms in total. The Hall–Kier alpha value is -4.06. The van der Waals surface area contributed by atoms with E-state index in [9.17, 15) is 4.39 Å². The first-order valence-electron chi connectivity index (χ1n) is 12.1. The van der Waals surface area contributed by atoms with Crippen LogP contribution >= 0.6 is 0 Å². The van der Waals surface area contributed by atoms with E-state index in [0.29, 0.717) is 17.9 Å². The van der Waals surface area contributed by atoms with E-state index >= 15 is 0 Å². The smallest absolute Gasteiger partial charge is 0.227 e. The topological polar surface area (TPSA) is 53.4 Å². The fourth-order valence-corrected chi connectivity index (χ4v) is 5.06. The van der Waals surface area contributed by atoms with Crippen molar-refractivity contribution in [1.29, 1.82) is 0 Å². The number of aromatic nitrogens is 2. The Bertz CT molecular complexity index is 1370. The average molecular weight is 464 g/mol. The highest BCUT2D eigenvalue weighted by atomic mass is 19.1. The second-order valence-corrected chi connectivity index (χ2v) is 8.97. The molecule has 3 aromatic carbocycles. The second kappa shape index (κ2) is 9.29. The highest BCUT2D eigenvalue weighted by Crippen LogP contribution is 2.42. The minimum Gasteiger partial charge on any atom is -0.369 e. The van der Waals surface area contributed by atoms with Gasteiger partial charge in [-0.15, -0.1) is 0 Å². The van der Waals surface area contributed by atoms with Crippen molar-refractivity contribution in [2.24, 2.45) is 4.99 Å². The van der Waals surface area contributed by atoms with Crippen molar-refractivity contribution in [3.63, 3.8) is 0 Å². The summed E-state index contributed by atoms with van der Waals surface area (Å²) in [5.41, 5.74) is 6.91. The fourth-order valence-electron chi connectivity index (χ4n) is 5.06. The van der Waals surface area contributed by atoms with Crippen LogP contribution in [0.4, 0.5) is 21.7 Å². The molecule has 1 unspecified atom stereocenters. The van der Waals surface area contributed by atoms with Crippen LogP contribution in [0.3, 0.4) is 0 Å². The Morgan fingerprint density at radius 3 is 2.54 bits per heavy atom. The Kier molecular flexibility index (Phi) is 5.70. The van der Waals surface area contributed by atoms with Gasteiger partial charge in [0.1, 0.15) is 5.82 Å². The monoisotopic (exact) mass is 463 g/mol. The van der Waals surface area contributed by atoms with Crippen molar-refractivity contribution in [2.75, 3.05) is 29.9 Å². The molecule has 1 aliphatic heterocycles. The summed E-state index contributed by atoms with van der Waals surface area (Å²) in [4.78, 5) is 16.2. The van der Waals surface area contributed by atoms with Gasteiger partial charge < -0.3 is 10.2 Å². The standard InChI is InChI=1S/C29H26FN5/c30-27-9-4-3-7-24(27)26-18-20-19-32-29(34-28(20)25-8-2-1-6-23(25)26)33-21-10-12-22(13-11-21)35-16-5-14-31-15-17-35/h1-4,6-14,19,26H,5,15-18H2,(H,32,33,34). The molecule has 0 fully saturated rings. The molecule has 1 atom stereocenters. The fraction of sp³-hybridized carbons (Fsp3) is 0.207. The first-order valence-corrected chi connectivity index (χ1v) is 12.1.